The molecular weight excluding hydrogens is 342 g/mol. The molecule has 1 saturated heterocycles. The largest absolute Gasteiger partial charge is 0.339 e. The summed E-state index contributed by atoms with van der Waals surface area (Å²) < 4.78 is 1.97. The van der Waals surface area contributed by atoms with Crippen molar-refractivity contribution in [3.63, 3.8) is 0 Å². The number of amides is 3. The molecule has 1 N–H and O–H groups in total. The van der Waals surface area contributed by atoms with E-state index in [2.05, 4.69) is 24.1 Å². The first-order valence-corrected chi connectivity index (χ1v) is 9.45. The first-order chi connectivity index (χ1) is 12.8. The molecule has 3 rings (SSSR count). The van der Waals surface area contributed by atoms with Crippen LogP contribution in [-0.4, -0.2) is 64.5 Å². The summed E-state index contributed by atoms with van der Waals surface area (Å²) in [6.07, 6.45) is 0. The van der Waals surface area contributed by atoms with E-state index in [0.29, 0.717) is 19.0 Å². The van der Waals surface area contributed by atoms with Crippen molar-refractivity contribution in [1.29, 1.82) is 0 Å². The van der Waals surface area contributed by atoms with Crippen LogP contribution in [0.15, 0.2) is 24.3 Å². The number of urea groups is 1. The first kappa shape index (κ1) is 19.2. The van der Waals surface area contributed by atoms with Crippen LogP contribution in [0.1, 0.15) is 19.7 Å². The minimum atomic E-state index is -0.114. The predicted octanol–water partition coefficient (Wildman–Crippen LogP) is 2.10. The van der Waals surface area contributed by atoms with Gasteiger partial charge < -0.3 is 19.7 Å². The first-order valence-electron chi connectivity index (χ1n) is 9.45. The number of aromatic nitrogens is 2. The van der Waals surface area contributed by atoms with Crippen molar-refractivity contribution in [3.05, 3.63) is 30.1 Å². The molecule has 1 aliphatic rings. The average Bonchev–Trinajstić information content (AvgIpc) is 3.16. The Morgan fingerprint density at radius 3 is 2.63 bits per heavy atom. The highest BCUT2D eigenvalue weighted by atomic mass is 16.2. The van der Waals surface area contributed by atoms with Gasteiger partial charge in [-0.3, -0.25) is 4.79 Å². The van der Waals surface area contributed by atoms with Crippen LogP contribution in [-0.2, 0) is 11.3 Å². The highest BCUT2D eigenvalue weighted by Crippen LogP contribution is 2.25. The number of imidazole rings is 1. The molecule has 0 bridgehead atoms. The lowest BCUT2D eigenvalue weighted by Gasteiger charge is -2.24. The van der Waals surface area contributed by atoms with Gasteiger partial charge in [-0.25, -0.2) is 9.78 Å². The molecule has 0 spiro atoms. The lowest BCUT2D eigenvalue weighted by atomic mass is 9.91. The number of fused-ring (bicyclic) bond motifs is 1. The number of benzene rings is 1. The normalized spacial score (nSPS) is 19.7. The molecule has 7 heteroatoms. The maximum absolute atomic E-state index is 13.0. The number of hydrogen-bond acceptors (Lipinski definition) is 3. The van der Waals surface area contributed by atoms with Crippen molar-refractivity contribution < 1.29 is 9.59 Å². The molecule has 2 heterocycles. The maximum atomic E-state index is 13.0. The molecular formula is C20H29N5O2. The van der Waals surface area contributed by atoms with E-state index in [-0.39, 0.29) is 30.4 Å². The van der Waals surface area contributed by atoms with E-state index in [1.165, 1.54) is 4.90 Å². The van der Waals surface area contributed by atoms with Crippen LogP contribution in [0.5, 0.6) is 0 Å². The zero-order valence-electron chi connectivity index (χ0n) is 16.8. The molecule has 1 aromatic carbocycles. The van der Waals surface area contributed by atoms with Crippen molar-refractivity contribution in [2.75, 3.05) is 27.2 Å². The van der Waals surface area contributed by atoms with Crippen LogP contribution in [0.4, 0.5) is 4.79 Å². The molecule has 0 radical (unpaired) electrons. The molecule has 2 atom stereocenters. The second-order valence-corrected chi connectivity index (χ2v) is 7.89. The van der Waals surface area contributed by atoms with Crippen LogP contribution in [0.2, 0.25) is 0 Å². The number of carbonyl (C=O) groups is 2. The van der Waals surface area contributed by atoms with E-state index in [4.69, 9.17) is 0 Å². The summed E-state index contributed by atoms with van der Waals surface area (Å²) in [5.74, 6) is 1.53. The Morgan fingerprint density at radius 1 is 1.26 bits per heavy atom. The van der Waals surface area contributed by atoms with Gasteiger partial charge in [0.05, 0.1) is 17.1 Å². The van der Waals surface area contributed by atoms with Crippen molar-refractivity contribution >= 4 is 23.0 Å². The van der Waals surface area contributed by atoms with Gasteiger partial charge in [0.15, 0.2) is 0 Å². The maximum Gasteiger partial charge on any atom is 0.317 e. The predicted molar refractivity (Wildman–Crippen MR) is 105 cm³/mol. The van der Waals surface area contributed by atoms with Crippen LogP contribution < -0.4 is 5.32 Å². The fourth-order valence-corrected chi connectivity index (χ4v) is 3.78. The highest BCUT2D eigenvalue weighted by Gasteiger charge is 2.38. The topological polar surface area (TPSA) is 70.5 Å². The standard InChI is InChI=1S/C20H29N5O2/c1-13(2)15-10-24(11-17(15)22-20(27)23(4)5)19(26)12-25-14(3)21-16-8-6-7-9-18(16)25/h6-9,13,15,17H,10-12H2,1-5H3,(H,22,27)/t15-,17+/m0/s1. The average molecular weight is 371 g/mol. The van der Waals surface area contributed by atoms with Gasteiger partial charge in [-0.05, 0) is 25.0 Å². The zero-order valence-corrected chi connectivity index (χ0v) is 16.8. The lowest BCUT2D eigenvalue weighted by Crippen LogP contribution is -2.46. The van der Waals surface area contributed by atoms with Crippen LogP contribution >= 0.6 is 0 Å². The molecule has 7 nitrogen and oxygen atoms in total. The third-order valence-electron chi connectivity index (χ3n) is 5.43. The van der Waals surface area contributed by atoms with Gasteiger partial charge >= 0.3 is 6.03 Å². The Bertz CT molecular complexity index is 842. The van der Waals surface area contributed by atoms with Gasteiger partial charge in [0.2, 0.25) is 5.91 Å². The summed E-state index contributed by atoms with van der Waals surface area (Å²) in [4.78, 5) is 33.0. The Morgan fingerprint density at radius 2 is 1.96 bits per heavy atom. The summed E-state index contributed by atoms with van der Waals surface area (Å²) in [6.45, 7) is 7.69. The van der Waals surface area contributed by atoms with E-state index in [9.17, 15) is 9.59 Å². The van der Waals surface area contributed by atoms with E-state index in [1.807, 2.05) is 40.7 Å². The Hall–Kier alpha value is -2.57. The van der Waals surface area contributed by atoms with Crippen LogP contribution in [0.25, 0.3) is 11.0 Å². The molecule has 3 amide bonds. The fourth-order valence-electron chi connectivity index (χ4n) is 3.78. The SMILES string of the molecule is Cc1nc2ccccc2n1CC(=O)N1C[C@@H](NC(=O)N(C)C)[C@H](C(C)C)C1. The van der Waals surface area contributed by atoms with E-state index >= 15 is 0 Å². The molecule has 0 saturated carbocycles. The molecule has 0 aliphatic carbocycles. The van der Waals surface area contributed by atoms with Crippen LogP contribution in [0, 0.1) is 18.8 Å². The monoisotopic (exact) mass is 371 g/mol. The van der Waals surface area contributed by atoms with E-state index in [0.717, 1.165) is 16.9 Å². The highest BCUT2D eigenvalue weighted by molar-refractivity contribution is 5.81. The van der Waals surface area contributed by atoms with Crippen molar-refractivity contribution in [2.45, 2.75) is 33.4 Å². The van der Waals surface area contributed by atoms with Crippen molar-refractivity contribution in [1.82, 2.24) is 24.7 Å². The van der Waals surface area contributed by atoms with Gasteiger partial charge in [-0.15, -0.1) is 0 Å². The van der Waals surface area contributed by atoms with Crippen LogP contribution in [0.3, 0.4) is 0 Å². The molecule has 27 heavy (non-hydrogen) atoms. The molecule has 1 fully saturated rings. The number of hydrogen-bond donors (Lipinski definition) is 1. The summed E-state index contributed by atoms with van der Waals surface area (Å²) >= 11 is 0. The number of aryl methyl sites for hydroxylation is 1. The summed E-state index contributed by atoms with van der Waals surface area (Å²) in [7, 11) is 3.45. The number of nitrogens with one attached hydrogen (secondary N) is 1. The van der Waals surface area contributed by atoms with Crippen molar-refractivity contribution in [2.24, 2.45) is 11.8 Å². The van der Waals surface area contributed by atoms with Gasteiger partial charge in [-0.2, -0.15) is 0 Å². The quantitative estimate of drug-likeness (QED) is 0.895. The smallest absolute Gasteiger partial charge is 0.317 e. The van der Waals surface area contributed by atoms with E-state index in [1.54, 1.807) is 14.1 Å². The summed E-state index contributed by atoms with van der Waals surface area (Å²) in [5.41, 5.74) is 1.88. The third kappa shape index (κ3) is 3.91. The number of nitrogens with zero attached hydrogens (tertiary/aromatic N) is 4. The van der Waals surface area contributed by atoms with E-state index < -0.39 is 0 Å². The van der Waals surface area contributed by atoms with Gasteiger partial charge in [-0.1, -0.05) is 26.0 Å². The molecule has 2 aromatic rings. The minimum absolute atomic E-state index is 0.0236. The molecule has 1 aromatic heterocycles. The fraction of sp³-hybridized carbons (Fsp3) is 0.550. The third-order valence-corrected chi connectivity index (χ3v) is 5.43. The van der Waals surface area contributed by atoms with Gasteiger partial charge in [0, 0.05) is 33.1 Å². The Balaban J connectivity index is 1.74. The second-order valence-electron chi connectivity index (χ2n) is 7.89. The molecule has 146 valence electrons. The zero-order chi connectivity index (χ0) is 19.7. The number of para-hydroxylation sites is 2. The van der Waals surface area contributed by atoms with Crippen molar-refractivity contribution in [3.8, 4) is 0 Å². The summed E-state index contributed by atoms with van der Waals surface area (Å²) in [5, 5.41) is 3.07. The molecule has 1 aliphatic heterocycles. The lowest BCUT2D eigenvalue weighted by molar-refractivity contribution is -0.131. The minimum Gasteiger partial charge on any atom is -0.339 e. The second kappa shape index (κ2) is 7.58. The Labute approximate surface area is 160 Å². The number of likely N-dealkylation sites (tertiary alicyclic amines) is 1. The van der Waals surface area contributed by atoms with Gasteiger partial charge in [0.1, 0.15) is 12.4 Å². The number of carbonyl (C=O) groups excluding carboxylic acids is 2. The molecule has 0 unspecified atom stereocenters. The van der Waals surface area contributed by atoms with Gasteiger partial charge in [0.25, 0.3) is 0 Å². The summed E-state index contributed by atoms with van der Waals surface area (Å²) in [6, 6.07) is 7.72. The number of rotatable bonds is 4. The Kier molecular flexibility index (Phi) is 5.39.